The minimum absolute atomic E-state index is 0.342. The van der Waals surface area contributed by atoms with Crippen molar-refractivity contribution in [2.45, 2.75) is 26.4 Å². The van der Waals surface area contributed by atoms with Gasteiger partial charge in [-0.15, -0.1) is 0 Å². The first-order valence-corrected chi connectivity index (χ1v) is 7.61. The Bertz CT molecular complexity index is 551. The summed E-state index contributed by atoms with van der Waals surface area (Å²) in [6, 6.07) is 10.6. The zero-order chi connectivity index (χ0) is 13.8. The Labute approximate surface area is 127 Å². The van der Waals surface area contributed by atoms with Crippen LogP contribution in [0, 0.1) is 0 Å². The molecule has 1 N–H and O–H groups in total. The fourth-order valence-corrected chi connectivity index (χ4v) is 2.94. The molecule has 0 radical (unpaired) electrons. The lowest BCUT2D eigenvalue weighted by molar-refractivity contribution is 0.553. The van der Waals surface area contributed by atoms with E-state index in [0.29, 0.717) is 6.04 Å². The monoisotopic (exact) mass is 340 g/mol. The van der Waals surface area contributed by atoms with Crippen molar-refractivity contribution in [3.05, 3.63) is 57.3 Å². The molecule has 102 valence electrons. The summed E-state index contributed by atoms with van der Waals surface area (Å²) in [5.41, 5.74) is 2.41. The molecule has 0 saturated carbocycles. The van der Waals surface area contributed by atoms with Crippen LogP contribution in [0.5, 0.6) is 0 Å². The van der Waals surface area contributed by atoms with E-state index in [1.807, 2.05) is 12.1 Å². The molecule has 1 atom stereocenters. The number of halogens is 2. The minimum Gasteiger partial charge on any atom is -0.346 e. The summed E-state index contributed by atoms with van der Waals surface area (Å²) < 4.78 is 3.25. The van der Waals surface area contributed by atoms with E-state index >= 15 is 0 Å². The highest BCUT2D eigenvalue weighted by Gasteiger charge is 2.10. The maximum atomic E-state index is 6.28. The minimum atomic E-state index is 0.342. The number of nitrogens with one attached hydrogen (secondary N) is 1. The second-order valence-electron chi connectivity index (χ2n) is 4.58. The summed E-state index contributed by atoms with van der Waals surface area (Å²) in [5.74, 6) is 0. The van der Waals surface area contributed by atoms with Crippen LogP contribution in [0.1, 0.15) is 31.1 Å². The summed E-state index contributed by atoms with van der Waals surface area (Å²) in [7, 11) is 0. The Morgan fingerprint density at radius 1 is 1.37 bits per heavy atom. The zero-order valence-corrected chi connectivity index (χ0v) is 13.5. The normalized spacial score (nSPS) is 12.6. The first-order valence-electron chi connectivity index (χ1n) is 6.44. The molecule has 2 aromatic rings. The van der Waals surface area contributed by atoms with Crippen LogP contribution >= 0.6 is 27.5 Å². The number of benzene rings is 1. The first-order chi connectivity index (χ1) is 9.11. The largest absolute Gasteiger partial charge is 0.346 e. The number of hydrogen-bond donors (Lipinski definition) is 1. The Balaban J connectivity index is 2.21. The van der Waals surface area contributed by atoms with Gasteiger partial charge in [-0.3, -0.25) is 0 Å². The predicted octanol–water partition coefficient (Wildman–Crippen LogP) is 4.62. The van der Waals surface area contributed by atoms with Crippen LogP contribution in [-0.4, -0.2) is 11.1 Å². The number of hydrogen-bond acceptors (Lipinski definition) is 1. The molecule has 1 aromatic heterocycles. The standard InChI is InChI=1S/C15H18BrClN2/c1-3-18-11(2)15-5-4-8-19(15)10-12-6-7-13(16)9-14(12)17/h4-9,11,18H,3,10H2,1-2H3. The van der Waals surface area contributed by atoms with Crippen LogP contribution < -0.4 is 5.32 Å². The summed E-state index contributed by atoms with van der Waals surface area (Å²) in [6.45, 7) is 6.06. The highest BCUT2D eigenvalue weighted by atomic mass is 79.9. The molecule has 0 aliphatic rings. The third-order valence-corrected chi connectivity index (χ3v) is 4.02. The second-order valence-corrected chi connectivity index (χ2v) is 5.90. The molecular formula is C15H18BrClN2. The van der Waals surface area contributed by atoms with Crippen molar-refractivity contribution in [3.8, 4) is 0 Å². The SMILES string of the molecule is CCNC(C)c1cccn1Cc1ccc(Br)cc1Cl. The molecule has 1 unspecified atom stereocenters. The molecule has 1 heterocycles. The predicted molar refractivity (Wildman–Crippen MR) is 84.8 cm³/mol. The summed E-state index contributed by atoms with van der Waals surface area (Å²) in [4.78, 5) is 0. The maximum absolute atomic E-state index is 6.28. The van der Waals surface area contributed by atoms with E-state index in [-0.39, 0.29) is 0 Å². The van der Waals surface area contributed by atoms with Crippen molar-refractivity contribution in [3.63, 3.8) is 0 Å². The van der Waals surface area contributed by atoms with Gasteiger partial charge in [-0.05, 0) is 43.3 Å². The molecule has 0 saturated heterocycles. The van der Waals surface area contributed by atoms with Crippen molar-refractivity contribution < 1.29 is 0 Å². The molecule has 0 amide bonds. The fourth-order valence-electron chi connectivity index (χ4n) is 2.21. The lowest BCUT2D eigenvalue weighted by Crippen LogP contribution is -2.20. The molecule has 0 spiro atoms. The lowest BCUT2D eigenvalue weighted by atomic mass is 10.2. The second kappa shape index (κ2) is 6.60. The highest BCUT2D eigenvalue weighted by molar-refractivity contribution is 9.10. The summed E-state index contributed by atoms with van der Waals surface area (Å²) in [5, 5.41) is 4.23. The van der Waals surface area contributed by atoms with Crippen molar-refractivity contribution in [2.24, 2.45) is 0 Å². The van der Waals surface area contributed by atoms with Crippen LogP contribution in [0.2, 0.25) is 5.02 Å². The maximum Gasteiger partial charge on any atom is 0.0488 e. The van der Waals surface area contributed by atoms with Gasteiger partial charge in [0.25, 0.3) is 0 Å². The number of nitrogens with zero attached hydrogens (tertiary/aromatic N) is 1. The third-order valence-electron chi connectivity index (χ3n) is 3.17. The van der Waals surface area contributed by atoms with Gasteiger partial charge in [0, 0.05) is 34.0 Å². The van der Waals surface area contributed by atoms with E-state index in [1.165, 1.54) is 5.69 Å². The Morgan fingerprint density at radius 2 is 2.16 bits per heavy atom. The average molecular weight is 342 g/mol. The van der Waals surface area contributed by atoms with Gasteiger partial charge in [0.2, 0.25) is 0 Å². The Morgan fingerprint density at radius 3 is 2.84 bits per heavy atom. The summed E-state index contributed by atoms with van der Waals surface area (Å²) >= 11 is 9.71. The van der Waals surface area contributed by atoms with Crippen LogP contribution in [0.15, 0.2) is 41.0 Å². The molecule has 2 nitrogen and oxygen atoms in total. The van der Waals surface area contributed by atoms with Crippen molar-refractivity contribution in [2.75, 3.05) is 6.54 Å². The van der Waals surface area contributed by atoms with Gasteiger partial charge in [-0.2, -0.15) is 0 Å². The number of rotatable bonds is 5. The fraction of sp³-hybridized carbons (Fsp3) is 0.333. The van der Waals surface area contributed by atoms with E-state index < -0.39 is 0 Å². The molecule has 0 aliphatic heterocycles. The first kappa shape index (κ1) is 14.6. The summed E-state index contributed by atoms with van der Waals surface area (Å²) in [6.07, 6.45) is 2.10. The van der Waals surface area contributed by atoms with Gasteiger partial charge >= 0.3 is 0 Å². The number of aromatic nitrogens is 1. The highest BCUT2D eigenvalue weighted by Crippen LogP contribution is 2.23. The van der Waals surface area contributed by atoms with Crippen LogP contribution in [-0.2, 0) is 6.54 Å². The van der Waals surface area contributed by atoms with E-state index in [2.05, 4.69) is 64.1 Å². The van der Waals surface area contributed by atoms with E-state index in [1.54, 1.807) is 0 Å². The van der Waals surface area contributed by atoms with E-state index in [0.717, 1.165) is 28.1 Å². The van der Waals surface area contributed by atoms with Gasteiger partial charge in [0.1, 0.15) is 0 Å². The van der Waals surface area contributed by atoms with E-state index in [4.69, 9.17) is 11.6 Å². The van der Waals surface area contributed by atoms with Gasteiger partial charge in [0.05, 0.1) is 0 Å². The topological polar surface area (TPSA) is 17.0 Å². The quantitative estimate of drug-likeness (QED) is 0.839. The van der Waals surface area contributed by atoms with Crippen LogP contribution in [0.25, 0.3) is 0 Å². The smallest absolute Gasteiger partial charge is 0.0488 e. The molecule has 0 aliphatic carbocycles. The molecule has 0 bridgehead atoms. The van der Waals surface area contributed by atoms with Crippen LogP contribution in [0.4, 0.5) is 0 Å². The van der Waals surface area contributed by atoms with Crippen LogP contribution in [0.3, 0.4) is 0 Å². The van der Waals surface area contributed by atoms with E-state index in [9.17, 15) is 0 Å². The van der Waals surface area contributed by atoms with Crippen molar-refractivity contribution in [1.29, 1.82) is 0 Å². The molecule has 19 heavy (non-hydrogen) atoms. The van der Waals surface area contributed by atoms with Gasteiger partial charge in [-0.25, -0.2) is 0 Å². The Hall–Kier alpha value is -0.770. The molecule has 0 fully saturated rings. The van der Waals surface area contributed by atoms with Gasteiger partial charge < -0.3 is 9.88 Å². The van der Waals surface area contributed by atoms with Gasteiger partial charge in [0.15, 0.2) is 0 Å². The van der Waals surface area contributed by atoms with Crippen molar-refractivity contribution in [1.82, 2.24) is 9.88 Å². The molecule has 2 rings (SSSR count). The Kier molecular flexibility index (Phi) is 5.08. The van der Waals surface area contributed by atoms with Gasteiger partial charge in [-0.1, -0.05) is 40.5 Å². The third kappa shape index (κ3) is 3.62. The van der Waals surface area contributed by atoms with Crippen molar-refractivity contribution >= 4 is 27.5 Å². The molecule has 4 heteroatoms. The zero-order valence-electron chi connectivity index (χ0n) is 11.2. The average Bonchev–Trinajstić information content (AvgIpc) is 2.81. The molecule has 1 aromatic carbocycles. The molecular weight excluding hydrogens is 324 g/mol. The lowest BCUT2D eigenvalue weighted by Gasteiger charge is -2.17.